The fourth-order valence-corrected chi connectivity index (χ4v) is 1.63. The zero-order chi connectivity index (χ0) is 13.1. The largest absolute Gasteiger partial charge is 0.508 e. The lowest BCUT2D eigenvalue weighted by Gasteiger charge is -2.04. The van der Waals surface area contributed by atoms with Gasteiger partial charge in [-0.15, -0.1) is 0 Å². The molecule has 0 unspecified atom stereocenters. The average Bonchev–Trinajstić information content (AvgIpc) is 2.70. The molecule has 6 nitrogen and oxygen atoms in total. The Balaban J connectivity index is 2.09. The third-order valence-electron chi connectivity index (χ3n) is 2.58. The number of phenolic OH excluding ortho intramolecular Hbond substituents is 1. The molecule has 1 heterocycles. The SMILES string of the molecule is Cn1nc(NCc2ccccc2O)cc1C(N)=O. The van der Waals surface area contributed by atoms with E-state index in [0.717, 1.165) is 5.56 Å². The fourth-order valence-electron chi connectivity index (χ4n) is 1.63. The number of aromatic nitrogens is 2. The van der Waals surface area contributed by atoms with Gasteiger partial charge in [-0.1, -0.05) is 18.2 Å². The van der Waals surface area contributed by atoms with Crippen LogP contribution in [0.4, 0.5) is 5.82 Å². The molecule has 0 aliphatic rings. The molecule has 0 bridgehead atoms. The topological polar surface area (TPSA) is 93.2 Å². The summed E-state index contributed by atoms with van der Waals surface area (Å²) in [5.74, 6) is 0.228. The summed E-state index contributed by atoms with van der Waals surface area (Å²) in [5, 5.41) is 16.7. The van der Waals surface area contributed by atoms with Crippen molar-refractivity contribution in [2.24, 2.45) is 12.8 Å². The number of benzene rings is 1. The molecule has 4 N–H and O–H groups in total. The highest BCUT2D eigenvalue weighted by Gasteiger charge is 2.09. The second-order valence-corrected chi connectivity index (χ2v) is 3.88. The van der Waals surface area contributed by atoms with E-state index in [0.29, 0.717) is 18.1 Å². The van der Waals surface area contributed by atoms with E-state index in [1.54, 1.807) is 31.3 Å². The molecule has 0 radical (unpaired) electrons. The highest BCUT2D eigenvalue weighted by Crippen LogP contribution is 2.17. The van der Waals surface area contributed by atoms with Gasteiger partial charge in [0, 0.05) is 25.2 Å². The smallest absolute Gasteiger partial charge is 0.267 e. The zero-order valence-electron chi connectivity index (χ0n) is 9.92. The number of hydrogen-bond acceptors (Lipinski definition) is 4. The number of carbonyl (C=O) groups is 1. The minimum atomic E-state index is -0.527. The van der Waals surface area contributed by atoms with Crippen molar-refractivity contribution in [2.75, 3.05) is 5.32 Å². The van der Waals surface area contributed by atoms with Crippen LogP contribution in [-0.4, -0.2) is 20.8 Å². The van der Waals surface area contributed by atoms with Crippen molar-refractivity contribution >= 4 is 11.7 Å². The maximum absolute atomic E-state index is 11.1. The Morgan fingerprint density at radius 3 is 2.83 bits per heavy atom. The number of nitrogens with one attached hydrogen (secondary N) is 1. The van der Waals surface area contributed by atoms with Gasteiger partial charge in [0.05, 0.1) is 0 Å². The first-order valence-electron chi connectivity index (χ1n) is 5.42. The van der Waals surface area contributed by atoms with Gasteiger partial charge in [-0.05, 0) is 6.07 Å². The molecule has 0 saturated heterocycles. The minimum absolute atomic E-state index is 0.219. The molecule has 0 aliphatic heterocycles. The third-order valence-corrected chi connectivity index (χ3v) is 2.58. The van der Waals surface area contributed by atoms with E-state index in [-0.39, 0.29) is 5.75 Å². The van der Waals surface area contributed by atoms with Crippen molar-refractivity contribution in [3.63, 3.8) is 0 Å². The molecule has 1 amide bonds. The maximum Gasteiger partial charge on any atom is 0.267 e. The van der Waals surface area contributed by atoms with Gasteiger partial charge in [-0.3, -0.25) is 9.48 Å². The number of para-hydroxylation sites is 1. The molecule has 94 valence electrons. The molecule has 18 heavy (non-hydrogen) atoms. The number of primary amides is 1. The standard InChI is InChI=1S/C12H14N4O2/c1-16-9(12(13)18)6-11(15-16)14-7-8-4-2-3-5-10(8)17/h2-6,17H,7H2,1H3,(H2,13,18)(H,14,15). The first-order valence-corrected chi connectivity index (χ1v) is 5.42. The van der Waals surface area contributed by atoms with Gasteiger partial charge in [0.25, 0.3) is 5.91 Å². The van der Waals surface area contributed by atoms with Crippen molar-refractivity contribution < 1.29 is 9.90 Å². The molecule has 0 atom stereocenters. The van der Waals surface area contributed by atoms with Gasteiger partial charge in [0.1, 0.15) is 17.3 Å². The number of amides is 1. The molecular weight excluding hydrogens is 232 g/mol. The van der Waals surface area contributed by atoms with Gasteiger partial charge >= 0.3 is 0 Å². The number of nitrogens with zero attached hydrogens (tertiary/aromatic N) is 2. The summed E-state index contributed by atoms with van der Waals surface area (Å²) >= 11 is 0. The Labute approximate surface area is 104 Å². The van der Waals surface area contributed by atoms with E-state index in [1.165, 1.54) is 4.68 Å². The van der Waals surface area contributed by atoms with Gasteiger partial charge in [-0.2, -0.15) is 5.10 Å². The Morgan fingerprint density at radius 2 is 2.22 bits per heavy atom. The molecule has 2 rings (SSSR count). The van der Waals surface area contributed by atoms with E-state index >= 15 is 0 Å². The van der Waals surface area contributed by atoms with Crippen LogP contribution in [0.25, 0.3) is 0 Å². The number of nitrogens with two attached hydrogens (primary N) is 1. The van der Waals surface area contributed by atoms with Crippen LogP contribution in [-0.2, 0) is 13.6 Å². The van der Waals surface area contributed by atoms with Gasteiger partial charge in [0.2, 0.25) is 0 Å². The number of aromatic hydroxyl groups is 1. The van der Waals surface area contributed by atoms with Crippen LogP contribution in [0, 0.1) is 0 Å². The van der Waals surface area contributed by atoms with Crippen LogP contribution < -0.4 is 11.1 Å². The summed E-state index contributed by atoms with van der Waals surface area (Å²) in [5.41, 5.74) is 6.27. The molecule has 0 fully saturated rings. The Hall–Kier alpha value is -2.50. The summed E-state index contributed by atoms with van der Waals surface area (Å²) < 4.78 is 1.41. The number of hydrogen-bond donors (Lipinski definition) is 3. The molecular formula is C12H14N4O2. The lowest BCUT2D eigenvalue weighted by molar-refractivity contribution is 0.0991. The molecule has 0 aliphatic carbocycles. The van der Waals surface area contributed by atoms with E-state index < -0.39 is 5.91 Å². The van der Waals surface area contributed by atoms with E-state index in [2.05, 4.69) is 10.4 Å². The number of phenols is 1. The van der Waals surface area contributed by atoms with Crippen molar-refractivity contribution in [1.29, 1.82) is 0 Å². The summed E-state index contributed by atoms with van der Waals surface area (Å²) in [6, 6.07) is 8.58. The predicted octanol–water partition coefficient (Wildman–Crippen LogP) is 0.837. The van der Waals surface area contributed by atoms with Gasteiger partial charge in [0.15, 0.2) is 0 Å². The monoisotopic (exact) mass is 246 g/mol. The first kappa shape index (κ1) is 12.0. The van der Waals surface area contributed by atoms with Crippen LogP contribution in [0.3, 0.4) is 0 Å². The van der Waals surface area contributed by atoms with Crippen LogP contribution in [0.2, 0.25) is 0 Å². The van der Waals surface area contributed by atoms with Crippen LogP contribution in [0.15, 0.2) is 30.3 Å². The lowest BCUT2D eigenvalue weighted by Crippen LogP contribution is -2.15. The van der Waals surface area contributed by atoms with Crippen LogP contribution >= 0.6 is 0 Å². The predicted molar refractivity (Wildman–Crippen MR) is 67.2 cm³/mol. The van der Waals surface area contributed by atoms with E-state index in [1.807, 2.05) is 6.07 Å². The van der Waals surface area contributed by atoms with Crippen molar-refractivity contribution in [1.82, 2.24) is 9.78 Å². The number of anilines is 1. The second kappa shape index (κ2) is 4.79. The summed E-state index contributed by atoms with van der Waals surface area (Å²) in [7, 11) is 1.64. The summed E-state index contributed by atoms with van der Waals surface area (Å²) in [6.45, 7) is 0.419. The molecule has 0 spiro atoms. The van der Waals surface area contributed by atoms with Crippen LogP contribution in [0.5, 0.6) is 5.75 Å². The Kier molecular flexibility index (Phi) is 3.18. The van der Waals surface area contributed by atoms with Gasteiger partial charge in [-0.25, -0.2) is 0 Å². The Bertz CT molecular complexity index is 577. The summed E-state index contributed by atoms with van der Waals surface area (Å²) in [6.07, 6.45) is 0. The Morgan fingerprint density at radius 1 is 1.50 bits per heavy atom. The quantitative estimate of drug-likeness (QED) is 0.745. The van der Waals surface area contributed by atoms with Crippen molar-refractivity contribution in [2.45, 2.75) is 6.54 Å². The number of aryl methyl sites for hydroxylation is 1. The zero-order valence-corrected chi connectivity index (χ0v) is 9.92. The maximum atomic E-state index is 11.1. The van der Waals surface area contributed by atoms with E-state index in [4.69, 9.17) is 5.73 Å². The molecule has 2 aromatic rings. The number of carbonyl (C=O) groups excluding carboxylic acids is 1. The lowest BCUT2D eigenvalue weighted by atomic mass is 10.2. The van der Waals surface area contributed by atoms with Crippen molar-refractivity contribution in [3.05, 3.63) is 41.6 Å². The molecule has 1 aromatic carbocycles. The normalized spacial score (nSPS) is 10.3. The van der Waals surface area contributed by atoms with E-state index in [9.17, 15) is 9.90 Å². The molecule has 1 aromatic heterocycles. The highest BCUT2D eigenvalue weighted by molar-refractivity contribution is 5.91. The van der Waals surface area contributed by atoms with Crippen LogP contribution in [0.1, 0.15) is 16.1 Å². The summed E-state index contributed by atoms with van der Waals surface area (Å²) in [4.78, 5) is 11.1. The average molecular weight is 246 g/mol. The second-order valence-electron chi connectivity index (χ2n) is 3.88. The minimum Gasteiger partial charge on any atom is -0.508 e. The highest BCUT2D eigenvalue weighted by atomic mass is 16.3. The number of rotatable bonds is 4. The van der Waals surface area contributed by atoms with Gasteiger partial charge < -0.3 is 16.2 Å². The third kappa shape index (κ3) is 2.42. The molecule has 6 heteroatoms. The fraction of sp³-hybridized carbons (Fsp3) is 0.167. The van der Waals surface area contributed by atoms with Crippen molar-refractivity contribution in [3.8, 4) is 5.75 Å². The molecule has 0 saturated carbocycles. The first-order chi connectivity index (χ1) is 8.58.